The van der Waals surface area contributed by atoms with Crippen LogP contribution in [0.15, 0.2) is 0 Å². The van der Waals surface area contributed by atoms with Crippen LogP contribution in [-0.2, 0) is 9.53 Å². The summed E-state index contributed by atoms with van der Waals surface area (Å²) in [7, 11) is 0. The van der Waals surface area contributed by atoms with Gasteiger partial charge in [-0.05, 0) is 32.2 Å². The number of carbonyl (C=O) groups is 1. The molecule has 1 aliphatic carbocycles. The van der Waals surface area contributed by atoms with Crippen molar-refractivity contribution in [1.82, 2.24) is 10.2 Å². The lowest BCUT2D eigenvalue weighted by molar-refractivity contribution is -0.146. The predicted octanol–water partition coefficient (Wildman–Crippen LogP) is 2.04. The maximum Gasteiger partial charge on any atom is 0.324 e. The van der Waals surface area contributed by atoms with Crippen molar-refractivity contribution in [3.63, 3.8) is 0 Å². The van der Waals surface area contributed by atoms with E-state index >= 15 is 0 Å². The van der Waals surface area contributed by atoms with Crippen LogP contribution in [0, 0.1) is 5.92 Å². The van der Waals surface area contributed by atoms with Gasteiger partial charge in [-0.1, -0.05) is 27.2 Å². The van der Waals surface area contributed by atoms with E-state index in [1.807, 2.05) is 6.92 Å². The zero-order valence-corrected chi connectivity index (χ0v) is 12.9. The number of hydrogen-bond donors (Lipinski definition) is 1. The Morgan fingerprint density at radius 1 is 1.32 bits per heavy atom. The highest BCUT2D eigenvalue weighted by molar-refractivity contribution is 5.76. The number of nitrogens with zero attached hydrogens (tertiary/aromatic N) is 1. The monoisotopic (exact) mass is 270 g/mol. The number of hydrogen-bond acceptors (Lipinski definition) is 4. The van der Waals surface area contributed by atoms with Crippen molar-refractivity contribution >= 4 is 5.97 Å². The molecule has 1 N–H and O–H groups in total. The van der Waals surface area contributed by atoms with E-state index in [1.54, 1.807) is 0 Å². The fraction of sp³-hybridized carbons (Fsp3) is 0.933. The zero-order chi connectivity index (χ0) is 14.3. The van der Waals surface area contributed by atoms with Gasteiger partial charge in [-0.3, -0.25) is 4.79 Å². The van der Waals surface area contributed by atoms with Gasteiger partial charge in [0, 0.05) is 19.1 Å². The van der Waals surface area contributed by atoms with E-state index in [-0.39, 0.29) is 12.0 Å². The molecule has 0 spiro atoms. The first-order valence-corrected chi connectivity index (χ1v) is 7.75. The van der Waals surface area contributed by atoms with Gasteiger partial charge in [-0.2, -0.15) is 0 Å². The van der Waals surface area contributed by atoms with Crippen LogP contribution in [-0.4, -0.2) is 49.2 Å². The minimum atomic E-state index is -0.170. The van der Waals surface area contributed by atoms with Crippen LogP contribution in [0.25, 0.3) is 0 Å². The molecule has 0 saturated heterocycles. The third-order valence-electron chi connectivity index (χ3n) is 3.74. The summed E-state index contributed by atoms with van der Waals surface area (Å²) in [6, 6.07) is 0.355. The Hall–Kier alpha value is -0.610. The molecule has 4 nitrogen and oxygen atoms in total. The Bertz CT molecular complexity index is 267. The Kier molecular flexibility index (Phi) is 7.39. The van der Waals surface area contributed by atoms with Crippen molar-refractivity contribution in [2.24, 2.45) is 5.92 Å². The first kappa shape index (κ1) is 16.4. The van der Waals surface area contributed by atoms with Crippen molar-refractivity contribution in [2.75, 3.05) is 26.2 Å². The maximum absolute atomic E-state index is 12.0. The molecule has 1 fully saturated rings. The quantitative estimate of drug-likeness (QED) is 0.617. The Balaban J connectivity index is 2.49. The summed E-state index contributed by atoms with van der Waals surface area (Å²) in [6.45, 7) is 11.7. The Morgan fingerprint density at radius 2 is 2.00 bits per heavy atom. The highest BCUT2D eigenvalue weighted by atomic mass is 16.5. The van der Waals surface area contributed by atoms with Crippen LogP contribution in [0.2, 0.25) is 0 Å². The Morgan fingerprint density at radius 3 is 2.47 bits per heavy atom. The molecule has 1 saturated carbocycles. The van der Waals surface area contributed by atoms with Crippen molar-refractivity contribution in [1.29, 1.82) is 0 Å². The second-order valence-corrected chi connectivity index (χ2v) is 5.61. The van der Waals surface area contributed by atoms with Gasteiger partial charge in [0.1, 0.15) is 6.04 Å². The minimum absolute atomic E-state index is 0.1000. The summed E-state index contributed by atoms with van der Waals surface area (Å²) in [5.41, 5.74) is 0. The van der Waals surface area contributed by atoms with Crippen molar-refractivity contribution in [3.05, 3.63) is 0 Å². The van der Waals surface area contributed by atoms with Gasteiger partial charge < -0.3 is 15.0 Å². The first-order chi connectivity index (χ1) is 9.10. The maximum atomic E-state index is 12.0. The number of rotatable bonds is 10. The van der Waals surface area contributed by atoms with Crippen LogP contribution in [0.1, 0.15) is 47.0 Å². The summed E-state index contributed by atoms with van der Waals surface area (Å²) >= 11 is 0. The second kappa shape index (κ2) is 8.54. The van der Waals surface area contributed by atoms with E-state index in [9.17, 15) is 4.79 Å². The highest BCUT2D eigenvalue weighted by Crippen LogP contribution is 2.20. The third kappa shape index (κ3) is 6.39. The molecule has 0 radical (unpaired) electrons. The molecule has 0 aromatic rings. The third-order valence-corrected chi connectivity index (χ3v) is 3.74. The van der Waals surface area contributed by atoms with Gasteiger partial charge in [-0.25, -0.2) is 0 Å². The van der Waals surface area contributed by atoms with Crippen LogP contribution < -0.4 is 5.32 Å². The number of carbonyl (C=O) groups excluding carboxylic acids is 1. The summed E-state index contributed by atoms with van der Waals surface area (Å²) < 4.78 is 5.18. The fourth-order valence-corrected chi connectivity index (χ4v) is 2.13. The molecule has 2 unspecified atom stereocenters. The second-order valence-electron chi connectivity index (χ2n) is 5.61. The average Bonchev–Trinajstić information content (AvgIpc) is 3.20. The summed E-state index contributed by atoms with van der Waals surface area (Å²) in [4.78, 5) is 14.4. The number of likely N-dealkylation sites (N-methyl/N-ethyl adjacent to an activating group) is 1. The van der Waals surface area contributed by atoms with Gasteiger partial charge >= 0.3 is 5.97 Å². The van der Waals surface area contributed by atoms with E-state index < -0.39 is 0 Å². The molecule has 4 heteroatoms. The lowest BCUT2D eigenvalue weighted by atomic mass is 10.1. The molecule has 2 atom stereocenters. The smallest absolute Gasteiger partial charge is 0.324 e. The lowest BCUT2D eigenvalue weighted by Gasteiger charge is -2.28. The van der Waals surface area contributed by atoms with Crippen molar-refractivity contribution in [2.45, 2.75) is 59.0 Å². The van der Waals surface area contributed by atoms with Crippen LogP contribution in [0.5, 0.6) is 0 Å². The van der Waals surface area contributed by atoms with E-state index in [0.29, 0.717) is 18.6 Å². The van der Waals surface area contributed by atoms with Gasteiger partial charge in [-0.15, -0.1) is 0 Å². The zero-order valence-electron chi connectivity index (χ0n) is 12.9. The molecule has 0 aromatic heterocycles. The number of esters is 1. The van der Waals surface area contributed by atoms with Gasteiger partial charge in [0.05, 0.1) is 6.61 Å². The Labute approximate surface area is 117 Å². The number of ether oxygens (including phenoxy) is 1. The molecule has 0 bridgehead atoms. The number of nitrogens with one attached hydrogen (secondary N) is 1. The summed E-state index contributed by atoms with van der Waals surface area (Å²) in [6.07, 6.45) is 3.55. The largest absolute Gasteiger partial charge is 0.465 e. The summed E-state index contributed by atoms with van der Waals surface area (Å²) in [5.74, 6) is 0.570. The summed E-state index contributed by atoms with van der Waals surface area (Å²) in [5, 5.41) is 3.42. The standard InChI is InChI=1S/C15H30N2O2/c1-5-12(4)10-17(6-2)11-14(15(18)19-7-3)16-13-8-9-13/h12-14,16H,5-11H2,1-4H3. The van der Waals surface area contributed by atoms with Gasteiger partial charge in [0.15, 0.2) is 0 Å². The minimum Gasteiger partial charge on any atom is -0.465 e. The fourth-order valence-electron chi connectivity index (χ4n) is 2.13. The van der Waals surface area contributed by atoms with Crippen molar-refractivity contribution in [3.8, 4) is 0 Å². The predicted molar refractivity (Wildman–Crippen MR) is 78.1 cm³/mol. The van der Waals surface area contributed by atoms with E-state index in [4.69, 9.17) is 4.74 Å². The van der Waals surface area contributed by atoms with Crippen LogP contribution in [0.4, 0.5) is 0 Å². The SMILES string of the molecule is CCOC(=O)C(CN(CC)CC(C)CC)NC1CC1. The van der Waals surface area contributed by atoms with Gasteiger partial charge in [0.25, 0.3) is 0 Å². The van der Waals surface area contributed by atoms with Gasteiger partial charge in [0.2, 0.25) is 0 Å². The first-order valence-electron chi connectivity index (χ1n) is 7.75. The van der Waals surface area contributed by atoms with Crippen LogP contribution >= 0.6 is 0 Å². The van der Waals surface area contributed by atoms with Crippen LogP contribution in [0.3, 0.4) is 0 Å². The van der Waals surface area contributed by atoms with Crippen molar-refractivity contribution < 1.29 is 9.53 Å². The highest BCUT2D eigenvalue weighted by Gasteiger charge is 2.30. The molecule has 112 valence electrons. The van der Waals surface area contributed by atoms with E-state index in [0.717, 1.165) is 19.6 Å². The van der Waals surface area contributed by atoms with E-state index in [2.05, 4.69) is 31.0 Å². The molecule has 1 rings (SSSR count). The molecule has 0 aromatic carbocycles. The molecular formula is C15H30N2O2. The molecule has 0 amide bonds. The molecule has 0 heterocycles. The molecule has 1 aliphatic rings. The van der Waals surface area contributed by atoms with E-state index in [1.165, 1.54) is 19.3 Å². The average molecular weight is 270 g/mol. The molecule has 0 aliphatic heterocycles. The molecular weight excluding hydrogens is 240 g/mol. The lowest BCUT2D eigenvalue weighted by Crippen LogP contribution is -2.48. The normalized spacial score (nSPS) is 18.4. The topological polar surface area (TPSA) is 41.6 Å². The molecule has 19 heavy (non-hydrogen) atoms.